The van der Waals surface area contributed by atoms with Crippen molar-refractivity contribution in [2.24, 2.45) is 5.73 Å². The molecule has 0 aliphatic carbocycles. The van der Waals surface area contributed by atoms with Gasteiger partial charge in [-0.2, -0.15) is 0 Å². The topological polar surface area (TPSA) is 156 Å². The zero-order valence-corrected chi connectivity index (χ0v) is 12.2. The summed E-state index contributed by atoms with van der Waals surface area (Å²) in [6, 6.07) is -2.04. The first-order valence-corrected chi connectivity index (χ1v) is 8.21. The molecule has 1 unspecified atom stereocenters. The number of carboxylic acids is 1. The van der Waals surface area contributed by atoms with E-state index in [1.165, 1.54) is 0 Å². The van der Waals surface area contributed by atoms with E-state index in [0.717, 1.165) is 0 Å². The van der Waals surface area contributed by atoms with Crippen LogP contribution in [0.2, 0.25) is 0 Å². The number of primary amides is 1. The Morgan fingerprint density at radius 1 is 1.33 bits per heavy atom. The summed E-state index contributed by atoms with van der Waals surface area (Å²) in [4.78, 5) is 33.1. The van der Waals surface area contributed by atoms with Gasteiger partial charge in [-0.05, 0) is 19.3 Å². The Labute approximate surface area is 122 Å². The summed E-state index contributed by atoms with van der Waals surface area (Å²) in [5, 5.41) is 12.8. The number of carboxylic acid groups (broad SMARTS) is 1. The summed E-state index contributed by atoms with van der Waals surface area (Å²) < 4.78 is 23.1. The van der Waals surface area contributed by atoms with Crippen molar-refractivity contribution in [3.63, 3.8) is 0 Å². The lowest BCUT2D eigenvalue weighted by molar-refractivity contribution is -0.139. The van der Waals surface area contributed by atoms with Gasteiger partial charge >= 0.3 is 12.0 Å². The number of amides is 3. The van der Waals surface area contributed by atoms with Crippen molar-refractivity contribution < 1.29 is 27.9 Å². The first-order valence-electron chi connectivity index (χ1n) is 6.49. The van der Waals surface area contributed by atoms with Crippen LogP contribution in [0.1, 0.15) is 25.7 Å². The molecule has 1 aliphatic heterocycles. The number of hydrogen-bond acceptors (Lipinski definition) is 5. The fourth-order valence-corrected chi connectivity index (χ4v) is 3.81. The van der Waals surface area contributed by atoms with Crippen LogP contribution in [0.4, 0.5) is 4.79 Å². The zero-order valence-electron chi connectivity index (χ0n) is 11.4. The summed E-state index contributed by atoms with van der Waals surface area (Å²) >= 11 is 0. The average Bonchev–Trinajstić information content (AvgIpc) is 2.70. The van der Waals surface area contributed by atoms with E-state index in [1.54, 1.807) is 0 Å². The van der Waals surface area contributed by atoms with Gasteiger partial charge in [0.15, 0.2) is 9.84 Å². The lowest BCUT2D eigenvalue weighted by atomic mass is 10.1. The number of carbonyl (C=O) groups excluding carboxylic acids is 2. The summed E-state index contributed by atoms with van der Waals surface area (Å²) in [6.45, 7) is -0.0592. The van der Waals surface area contributed by atoms with Gasteiger partial charge in [-0.15, -0.1) is 0 Å². The van der Waals surface area contributed by atoms with E-state index < -0.39 is 39.0 Å². The fourth-order valence-electron chi connectivity index (χ4n) is 2.05. The highest BCUT2D eigenvalue weighted by Gasteiger charge is 2.31. The number of hydrogen-bond donors (Lipinski definition) is 4. The molecular formula is C11H19N3O6S. The predicted molar refractivity (Wildman–Crippen MR) is 73.2 cm³/mol. The minimum absolute atomic E-state index is 0.0592. The van der Waals surface area contributed by atoms with Gasteiger partial charge < -0.3 is 21.5 Å². The van der Waals surface area contributed by atoms with Crippen LogP contribution in [-0.2, 0) is 19.4 Å². The van der Waals surface area contributed by atoms with Gasteiger partial charge in [0.25, 0.3) is 0 Å². The van der Waals surface area contributed by atoms with Gasteiger partial charge in [-0.3, -0.25) is 4.79 Å². The maximum atomic E-state index is 11.6. The second-order valence-corrected chi connectivity index (χ2v) is 7.28. The maximum Gasteiger partial charge on any atom is 0.326 e. The Kier molecular flexibility index (Phi) is 5.94. The molecule has 0 radical (unpaired) electrons. The number of sulfone groups is 1. The molecular weight excluding hydrogens is 302 g/mol. The Morgan fingerprint density at radius 2 is 2.00 bits per heavy atom. The summed E-state index contributed by atoms with van der Waals surface area (Å²) in [7, 11) is -3.17. The molecule has 0 bridgehead atoms. The minimum atomic E-state index is -3.17. The van der Waals surface area contributed by atoms with E-state index in [0.29, 0.717) is 12.8 Å². The average molecular weight is 321 g/mol. The Balaban J connectivity index is 2.43. The van der Waals surface area contributed by atoms with Crippen LogP contribution in [-0.4, -0.2) is 55.0 Å². The monoisotopic (exact) mass is 321 g/mol. The van der Waals surface area contributed by atoms with E-state index >= 15 is 0 Å². The lowest BCUT2D eigenvalue weighted by Crippen LogP contribution is -2.48. The smallest absolute Gasteiger partial charge is 0.326 e. The fraction of sp³-hybridized carbons (Fsp3) is 0.727. The first-order chi connectivity index (χ1) is 9.72. The summed E-state index contributed by atoms with van der Waals surface area (Å²) in [5.74, 6) is -1.85. The molecule has 0 aromatic rings. The molecule has 9 nitrogen and oxygen atoms in total. The van der Waals surface area contributed by atoms with Crippen LogP contribution in [0.25, 0.3) is 0 Å². The highest BCUT2D eigenvalue weighted by Crippen LogP contribution is 2.18. The van der Waals surface area contributed by atoms with Crippen molar-refractivity contribution in [1.29, 1.82) is 0 Å². The standard InChI is InChI=1S/C11H19N3O6S/c12-9(15)4-3-8(10(16)17)14-11(18)13-6-7-2-1-5-21(7,19)20/h7-8H,1-6H2,(H2,12,15)(H,16,17)(H2,13,14,18)/t7?,8-/m1/s1. The molecule has 0 spiro atoms. The Bertz CT molecular complexity index is 518. The molecule has 21 heavy (non-hydrogen) atoms. The van der Waals surface area contributed by atoms with Crippen molar-refractivity contribution >= 4 is 27.7 Å². The summed E-state index contributed by atoms with van der Waals surface area (Å²) in [6.07, 6.45) is 0.743. The molecule has 120 valence electrons. The van der Waals surface area contributed by atoms with E-state index in [4.69, 9.17) is 10.8 Å². The second kappa shape index (κ2) is 7.25. The molecule has 1 fully saturated rings. The van der Waals surface area contributed by atoms with Gasteiger partial charge in [0.05, 0.1) is 11.0 Å². The van der Waals surface area contributed by atoms with Gasteiger partial charge in [-0.25, -0.2) is 18.0 Å². The largest absolute Gasteiger partial charge is 0.480 e. The second-order valence-electron chi connectivity index (χ2n) is 4.88. The van der Waals surface area contributed by atoms with Crippen LogP contribution in [0, 0.1) is 0 Å². The summed E-state index contributed by atoms with van der Waals surface area (Å²) in [5.41, 5.74) is 4.92. The molecule has 0 aromatic heterocycles. The number of nitrogens with one attached hydrogen (secondary N) is 2. The van der Waals surface area contributed by atoms with E-state index in [9.17, 15) is 22.8 Å². The highest BCUT2D eigenvalue weighted by atomic mass is 32.2. The minimum Gasteiger partial charge on any atom is -0.480 e. The lowest BCUT2D eigenvalue weighted by Gasteiger charge is -2.16. The predicted octanol–water partition coefficient (Wildman–Crippen LogP) is -1.42. The van der Waals surface area contributed by atoms with Crippen molar-refractivity contribution in [2.45, 2.75) is 37.0 Å². The van der Waals surface area contributed by atoms with Crippen LogP contribution in [0.3, 0.4) is 0 Å². The van der Waals surface area contributed by atoms with Crippen molar-refractivity contribution in [3.8, 4) is 0 Å². The number of urea groups is 1. The molecule has 0 saturated carbocycles. The van der Waals surface area contributed by atoms with Crippen LogP contribution in [0.15, 0.2) is 0 Å². The van der Waals surface area contributed by atoms with E-state index in [1.807, 2.05) is 0 Å². The van der Waals surface area contributed by atoms with Crippen LogP contribution < -0.4 is 16.4 Å². The number of aliphatic carboxylic acids is 1. The molecule has 1 aliphatic rings. The number of rotatable bonds is 7. The van der Waals surface area contributed by atoms with Crippen molar-refractivity contribution in [1.82, 2.24) is 10.6 Å². The van der Waals surface area contributed by atoms with Crippen molar-refractivity contribution in [3.05, 3.63) is 0 Å². The van der Waals surface area contributed by atoms with Gasteiger partial charge in [-0.1, -0.05) is 0 Å². The van der Waals surface area contributed by atoms with Crippen LogP contribution in [0.5, 0.6) is 0 Å². The zero-order chi connectivity index (χ0) is 16.0. The van der Waals surface area contributed by atoms with E-state index in [-0.39, 0.29) is 25.1 Å². The molecule has 1 heterocycles. The Morgan fingerprint density at radius 3 is 2.48 bits per heavy atom. The third-order valence-electron chi connectivity index (χ3n) is 3.24. The molecule has 5 N–H and O–H groups in total. The highest BCUT2D eigenvalue weighted by molar-refractivity contribution is 7.92. The molecule has 2 atom stereocenters. The van der Waals surface area contributed by atoms with Gasteiger partial charge in [0, 0.05) is 13.0 Å². The molecule has 10 heteroatoms. The quantitative estimate of drug-likeness (QED) is 0.451. The maximum absolute atomic E-state index is 11.6. The third-order valence-corrected chi connectivity index (χ3v) is 5.51. The number of carbonyl (C=O) groups is 3. The van der Waals surface area contributed by atoms with E-state index in [2.05, 4.69) is 10.6 Å². The van der Waals surface area contributed by atoms with Gasteiger partial charge in [0.2, 0.25) is 5.91 Å². The van der Waals surface area contributed by atoms with Crippen molar-refractivity contribution in [2.75, 3.05) is 12.3 Å². The SMILES string of the molecule is NC(=O)CC[C@@H](NC(=O)NCC1CCCS1(=O)=O)C(=O)O. The molecule has 1 rings (SSSR count). The molecule has 1 saturated heterocycles. The normalized spacial score (nSPS) is 21.4. The molecule has 3 amide bonds. The molecule has 0 aromatic carbocycles. The Hall–Kier alpha value is -1.84. The number of nitrogens with two attached hydrogens (primary N) is 1. The van der Waals surface area contributed by atoms with Crippen LogP contribution >= 0.6 is 0 Å². The first kappa shape index (κ1) is 17.2. The van der Waals surface area contributed by atoms with Gasteiger partial charge in [0.1, 0.15) is 6.04 Å². The third kappa shape index (κ3) is 5.58.